The second-order valence-electron chi connectivity index (χ2n) is 4.65. The zero-order chi connectivity index (χ0) is 12.4. The summed E-state index contributed by atoms with van der Waals surface area (Å²) >= 11 is 1.75. The number of thiophene rings is 1. The minimum Gasteiger partial charge on any atom is -0.364 e. The highest BCUT2D eigenvalue weighted by molar-refractivity contribution is 7.07. The Morgan fingerprint density at radius 1 is 1.22 bits per heavy atom. The van der Waals surface area contributed by atoms with E-state index < -0.39 is 0 Å². The number of hydrogen-bond acceptors (Lipinski definition) is 3. The molecule has 2 aromatic rings. The first-order chi connectivity index (χ1) is 8.86. The molecule has 1 aromatic carbocycles. The summed E-state index contributed by atoms with van der Waals surface area (Å²) in [6.07, 6.45) is 2.56. The molecular weight excluding hydrogens is 240 g/mol. The van der Waals surface area contributed by atoms with E-state index in [2.05, 4.69) is 39.9 Å². The van der Waals surface area contributed by atoms with Crippen LogP contribution in [0.2, 0.25) is 0 Å². The van der Waals surface area contributed by atoms with Crippen molar-refractivity contribution in [3.05, 3.63) is 52.2 Å². The molecule has 90 valence electrons. The van der Waals surface area contributed by atoms with Gasteiger partial charge in [-0.15, -0.1) is 0 Å². The lowest BCUT2D eigenvalue weighted by Crippen LogP contribution is -2.24. The highest BCUT2D eigenvalue weighted by Crippen LogP contribution is 2.33. The van der Waals surface area contributed by atoms with Crippen LogP contribution in [0.15, 0.2) is 41.1 Å². The van der Waals surface area contributed by atoms with Gasteiger partial charge in [0.1, 0.15) is 0 Å². The molecule has 0 radical (unpaired) electrons. The van der Waals surface area contributed by atoms with E-state index in [9.17, 15) is 0 Å². The van der Waals surface area contributed by atoms with E-state index in [4.69, 9.17) is 5.26 Å². The van der Waals surface area contributed by atoms with Crippen LogP contribution in [0, 0.1) is 11.3 Å². The Morgan fingerprint density at radius 3 is 2.56 bits per heavy atom. The molecule has 1 aliphatic carbocycles. The quantitative estimate of drug-likeness (QED) is 0.830. The summed E-state index contributed by atoms with van der Waals surface area (Å²) in [6, 6.07) is 12.9. The summed E-state index contributed by atoms with van der Waals surface area (Å²) in [5.74, 6) is 0. The van der Waals surface area contributed by atoms with Crippen LogP contribution in [-0.2, 0) is 6.54 Å². The number of rotatable bonds is 4. The molecule has 0 aliphatic heterocycles. The van der Waals surface area contributed by atoms with Gasteiger partial charge in [-0.3, -0.25) is 0 Å². The molecular formula is C15H14N2S. The lowest BCUT2D eigenvalue weighted by molar-refractivity contribution is 0.796. The van der Waals surface area contributed by atoms with E-state index in [1.165, 1.54) is 24.1 Å². The van der Waals surface area contributed by atoms with Crippen LogP contribution in [0.3, 0.4) is 0 Å². The molecule has 2 nitrogen and oxygen atoms in total. The zero-order valence-electron chi connectivity index (χ0n) is 10.0. The molecule has 0 N–H and O–H groups in total. The molecule has 3 heteroatoms. The van der Waals surface area contributed by atoms with E-state index in [0.717, 1.165) is 12.1 Å². The topological polar surface area (TPSA) is 27.0 Å². The first-order valence-electron chi connectivity index (χ1n) is 6.15. The molecule has 3 rings (SSSR count). The van der Waals surface area contributed by atoms with E-state index in [1.807, 2.05) is 12.1 Å². The van der Waals surface area contributed by atoms with Crippen molar-refractivity contribution in [2.75, 3.05) is 4.90 Å². The Kier molecular flexibility index (Phi) is 3.04. The monoisotopic (exact) mass is 254 g/mol. The Hall–Kier alpha value is -1.79. The highest BCUT2D eigenvalue weighted by Gasteiger charge is 2.29. The molecule has 1 aromatic heterocycles. The Balaban J connectivity index is 1.82. The first kappa shape index (κ1) is 11.3. The maximum absolute atomic E-state index is 8.83. The molecule has 1 saturated carbocycles. The van der Waals surface area contributed by atoms with Crippen LogP contribution in [-0.4, -0.2) is 6.04 Å². The van der Waals surface area contributed by atoms with Gasteiger partial charge in [-0.05, 0) is 59.5 Å². The predicted octanol–water partition coefficient (Wildman–Crippen LogP) is 3.79. The van der Waals surface area contributed by atoms with Crippen molar-refractivity contribution in [3.63, 3.8) is 0 Å². The van der Waals surface area contributed by atoms with Gasteiger partial charge < -0.3 is 4.90 Å². The van der Waals surface area contributed by atoms with Gasteiger partial charge in [0.25, 0.3) is 0 Å². The fraction of sp³-hybridized carbons (Fsp3) is 0.267. The molecule has 0 amide bonds. The van der Waals surface area contributed by atoms with Crippen molar-refractivity contribution < 1.29 is 0 Å². The Morgan fingerprint density at radius 2 is 2.00 bits per heavy atom. The van der Waals surface area contributed by atoms with Crippen molar-refractivity contribution >= 4 is 17.0 Å². The molecule has 0 unspecified atom stereocenters. The summed E-state index contributed by atoms with van der Waals surface area (Å²) in [5, 5.41) is 13.2. The predicted molar refractivity (Wildman–Crippen MR) is 74.7 cm³/mol. The van der Waals surface area contributed by atoms with Gasteiger partial charge in [0.15, 0.2) is 0 Å². The smallest absolute Gasteiger partial charge is 0.0991 e. The number of nitrogens with zero attached hydrogens (tertiary/aromatic N) is 2. The summed E-state index contributed by atoms with van der Waals surface area (Å²) in [4.78, 5) is 2.45. The number of anilines is 1. The van der Waals surface area contributed by atoms with Crippen LogP contribution in [0.4, 0.5) is 5.69 Å². The maximum atomic E-state index is 8.83. The van der Waals surface area contributed by atoms with Gasteiger partial charge in [0.05, 0.1) is 11.6 Å². The Bertz CT molecular complexity index is 547. The average Bonchev–Trinajstić information content (AvgIpc) is 3.13. The van der Waals surface area contributed by atoms with E-state index in [-0.39, 0.29) is 0 Å². The molecule has 1 fully saturated rings. The second-order valence-corrected chi connectivity index (χ2v) is 5.43. The normalized spacial score (nSPS) is 14.2. The van der Waals surface area contributed by atoms with Gasteiger partial charge in [-0.25, -0.2) is 0 Å². The molecule has 18 heavy (non-hydrogen) atoms. The largest absolute Gasteiger partial charge is 0.364 e. The lowest BCUT2D eigenvalue weighted by Gasteiger charge is -2.24. The SMILES string of the molecule is N#Cc1ccc(N(Cc2ccsc2)C2CC2)cc1. The van der Waals surface area contributed by atoms with Gasteiger partial charge >= 0.3 is 0 Å². The van der Waals surface area contributed by atoms with Crippen molar-refractivity contribution in [2.24, 2.45) is 0 Å². The fourth-order valence-corrected chi connectivity index (χ4v) is 2.78. The van der Waals surface area contributed by atoms with E-state index >= 15 is 0 Å². The van der Waals surface area contributed by atoms with Crippen LogP contribution < -0.4 is 4.90 Å². The average molecular weight is 254 g/mol. The van der Waals surface area contributed by atoms with Gasteiger partial charge in [-0.1, -0.05) is 0 Å². The number of nitriles is 1. The van der Waals surface area contributed by atoms with E-state index in [0.29, 0.717) is 6.04 Å². The molecule has 0 saturated heterocycles. The number of benzene rings is 1. The minimum absolute atomic E-state index is 0.679. The summed E-state index contributed by atoms with van der Waals surface area (Å²) < 4.78 is 0. The van der Waals surface area contributed by atoms with Crippen LogP contribution in [0.25, 0.3) is 0 Å². The van der Waals surface area contributed by atoms with E-state index in [1.54, 1.807) is 11.3 Å². The standard InChI is InChI=1S/C15H14N2S/c16-9-12-1-3-14(4-2-12)17(15-5-6-15)10-13-7-8-18-11-13/h1-4,7-8,11,15H,5-6,10H2. The summed E-state index contributed by atoms with van der Waals surface area (Å²) in [7, 11) is 0. The third-order valence-electron chi connectivity index (χ3n) is 3.25. The maximum Gasteiger partial charge on any atom is 0.0991 e. The molecule has 0 bridgehead atoms. The zero-order valence-corrected chi connectivity index (χ0v) is 10.9. The third kappa shape index (κ3) is 2.39. The minimum atomic E-state index is 0.679. The fourth-order valence-electron chi connectivity index (χ4n) is 2.12. The second kappa shape index (κ2) is 4.83. The van der Waals surface area contributed by atoms with Crippen molar-refractivity contribution in [1.82, 2.24) is 0 Å². The van der Waals surface area contributed by atoms with Crippen LogP contribution in [0.5, 0.6) is 0 Å². The summed E-state index contributed by atoms with van der Waals surface area (Å²) in [6.45, 7) is 0.972. The van der Waals surface area contributed by atoms with Crippen molar-refractivity contribution in [1.29, 1.82) is 5.26 Å². The number of hydrogen-bond donors (Lipinski definition) is 0. The lowest BCUT2D eigenvalue weighted by atomic mass is 10.2. The Labute approximate surface area is 111 Å². The first-order valence-corrected chi connectivity index (χ1v) is 7.09. The highest BCUT2D eigenvalue weighted by atomic mass is 32.1. The third-order valence-corrected chi connectivity index (χ3v) is 3.98. The molecule has 1 heterocycles. The van der Waals surface area contributed by atoms with Crippen LogP contribution >= 0.6 is 11.3 Å². The van der Waals surface area contributed by atoms with Crippen molar-refractivity contribution in [3.8, 4) is 6.07 Å². The van der Waals surface area contributed by atoms with Gasteiger partial charge in [0, 0.05) is 18.3 Å². The van der Waals surface area contributed by atoms with Crippen LogP contribution in [0.1, 0.15) is 24.0 Å². The van der Waals surface area contributed by atoms with Gasteiger partial charge in [-0.2, -0.15) is 16.6 Å². The molecule has 1 aliphatic rings. The molecule has 0 atom stereocenters. The van der Waals surface area contributed by atoms with Crippen molar-refractivity contribution in [2.45, 2.75) is 25.4 Å². The molecule has 0 spiro atoms. The summed E-state index contributed by atoms with van der Waals surface area (Å²) in [5.41, 5.74) is 3.32. The van der Waals surface area contributed by atoms with Gasteiger partial charge in [0.2, 0.25) is 0 Å².